The highest BCUT2D eigenvalue weighted by atomic mass is 127. The van der Waals surface area contributed by atoms with Crippen LogP contribution in [0.5, 0.6) is 0 Å². The van der Waals surface area contributed by atoms with Gasteiger partial charge in [0.15, 0.2) is 0 Å². The van der Waals surface area contributed by atoms with Crippen molar-refractivity contribution < 1.29 is 9.72 Å². The zero-order valence-corrected chi connectivity index (χ0v) is 12.5. The van der Waals surface area contributed by atoms with Gasteiger partial charge in [-0.1, -0.05) is 18.2 Å². The molecule has 0 spiro atoms. The molecule has 6 heteroatoms. The minimum Gasteiger partial charge on any atom is -0.348 e. The van der Waals surface area contributed by atoms with Crippen LogP contribution in [0.1, 0.15) is 15.9 Å². The summed E-state index contributed by atoms with van der Waals surface area (Å²) in [4.78, 5) is 22.0. The van der Waals surface area contributed by atoms with Gasteiger partial charge in [-0.05, 0) is 46.4 Å². The van der Waals surface area contributed by atoms with E-state index in [-0.39, 0.29) is 11.6 Å². The van der Waals surface area contributed by atoms with Gasteiger partial charge in [-0.25, -0.2) is 0 Å². The van der Waals surface area contributed by atoms with Gasteiger partial charge >= 0.3 is 0 Å². The molecule has 102 valence electrons. The van der Waals surface area contributed by atoms with Crippen LogP contribution in [0.3, 0.4) is 0 Å². The molecule has 0 unspecified atom stereocenters. The molecule has 0 aromatic heterocycles. The summed E-state index contributed by atoms with van der Waals surface area (Å²) in [6.45, 7) is 0.336. The van der Waals surface area contributed by atoms with E-state index in [1.807, 2.05) is 12.1 Å². The summed E-state index contributed by atoms with van der Waals surface area (Å²) >= 11 is 2.14. The zero-order valence-electron chi connectivity index (χ0n) is 10.4. The second kappa shape index (κ2) is 6.47. The van der Waals surface area contributed by atoms with E-state index in [9.17, 15) is 14.9 Å². The molecule has 1 amide bonds. The smallest absolute Gasteiger partial charge is 0.269 e. The molecule has 0 fully saturated rings. The average Bonchev–Trinajstić information content (AvgIpc) is 2.45. The van der Waals surface area contributed by atoms with Crippen molar-refractivity contribution in [2.45, 2.75) is 6.54 Å². The lowest BCUT2D eigenvalue weighted by Crippen LogP contribution is -2.22. The number of hydrogen-bond donors (Lipinski definition) is 1. The molecular formula is C14H11IN2O3. The number of nitrogens with one attached hydrogen (secondary N) is 1. The van der Waals surface area contributed by atoms with Crippen molar-refractivity contribution in [2.75, 3.05) is 0 Å². The topological polar surface area (TPSA) is 72.2 Å². The van der Waals surface area contributed by atoms with Gasteiger partial charge in [0.1, 0.15) is 0 Å². The van der Waals surface area contributed by atoms with Crippen molar-refractivity contribution in [1.29, 1.82) is 0 Å². The first-order chi connectivity index (χ1) is 9.56. The molecular weight excluding hydrogens is 371 g/mol. The first-order valence-corrected chi connectivity index (χ1v) is 6.91. The fourth-order valence-electron chi connectivity index (χ4n) is 1.65. The Bertz CT molecular complexity index is 641. The molecule has 0 atom stereocenters. The standard InChI is InChI=1S/C14H11IN2O3/c15-12-3-1-2-11(8-12)14(18)16-9-10-4-6-13(7-5-10)17(19)20/h1-8H,9H2,(H,16,18). The number of nitro benzene ring substituents is 1. The minimum absolute atomic E-state index is 0.0395. The van der Waals surface area contributed by atoms with Crippen molar-refractivity contribution in [2.24, 2.45) is 0 Å². The van der Waals surface area contributed by atoms with Crippen LogP contribution in [0.2, 0.25) is 0 Å². The Balaban J connectivity index is 1.98. The Morgan fingerprint density at radius 3 is 2.50 bits per heavy atom. The molecule has 0 aliphatic heterocycles. The second-order valence-electron chi connectivity index (χ2n) is 4.12. The van der Waals surface area contributed by atoms with Gasteiger partial charge in [-0.2, -0.15) is 0 Å². The van der Waals surface area contributed by atoms with Gasteiger partial charge in [-0.15, -0.1) is 0 Å². The Morgan fingerprint density at radius 2 is 1.90 bits per heavy atom. The van der Waals surface area contributed by atoms with E-state index in [1.165, 1.54) is 12.1 Å². The highest BCUT2D eigenvalue weighted by molar-refractivity contribution is 14.1. The van der Waals surface area contributed by atoms with Crippen LogP contribution in [0, 0.1) is 13.7 Å². The van der Waals surface area contributed by atoms with Crippen LogP contribution in [0.15, 0.2) is 48.5 Å². The zero-order chi connectivity index (χ0) is 14.5. The van der Waals surface area contributed by atoms with E-state index in [0.717, 1.165) is 9.13 Å². The molecule has 2 rings (SSSR count). The fraction of sp³-hybridized carbons (Fsp3) is 0.0714. The molecule has 2 aromatic rings. The number of hydrogen-bond acceptors (Lipinski definition) is 3. The molecule has 2 aromatic carbocycles. The average molecular weight is 382 g/mol. The van der Waals surface area contributed by atoms with Crippen molar-refractivity contribution in [3.8, 4) is 0 Å². The van der Waals surface area contributed by atoms with Gasteiger partial charge in [-0.3, -0.25) is 14.9 Å². The van der Waals surface area contributed by atoms with Crippen molar-refractivity contribution in [1.82, 2.24) is 5.32 Å². The van der Waals surface area contributed by atoms with E-state index in [0.29, 0.717) is 12.1 Å². The third-order valence-electron chi connectivity index (χ3n) is 2.69. The summed E-state index contributed by atoms with van der Waals surface area (Å²) in [7, 11) is 0. The number of carbonyl (C=O) groups excluding carboxylic acids is 1. The van der Waals surface area contributed by atoms with Crippen molar-refractivity contribution >= 4 is 34.2 Å². The van der Waals surface area contributed by atoms with E-state index >= 15 is 0 Å². The van der Waals surface area contributed by atoms with Crippen molar-refractivity contribution in [3.63, 3.8) is 0 Å². The SMILES string of the molecule is O=C(NCc1ccc([N+](=O)[O-])cc1)c1cccc(I)c1. The summed E-state index contributed by atoms with van der Waals surface area (Å²) in [6, 6.07) is 13.4. The quantitative estimate of drug-likeness (QED) is 0.502. The normalized spacial score (nSPS) is 10.1. The third-order valence-corrected chi connectivity index (χ3v) is 3.36. The highest BCUT2D eigenvalue weighted by Gasteiger charge is 2.07. The van der Waals surface area contributed by atoms with Gasteiger partial charge in [0.05, 0.1) is 4.92 Å². The number of carbonyl (C=O) groups is 1. The van der Waals surface area contributed by atoms with E-state index in [4.69, 9.17) is 0 Å². The Hall–Kier alpha value is -1.96. The first-order valence-electron chi connectivity index (χ1n) is 5.83. The number of nitro groups is 1. The molecule has 0 radical (unpaired) electrons. The maximum atomic E-state index is 11.9. The number of non-ortho nitro benzene ring substituents is 1. The second-order valence-corrected chi connectivity index (χ2v) is 5.36. The number of benzene rings is 2. The van der Waals surface area contributed by atoms with Crippen LogP contribution in [-0.4, -0.2) is 10.8 Å². The molecule has 0 aliphatic carbocycles. The van der Waals surface area contributed by atoms with Crippen molar-refractivity contribution in [3.05, 3.63) is 73.3 Å². The molecule has 0 saturated heterocycles. The predicted molar refractivity (Wildman–Crippen MR) is 83.4 cm³/mol. The van der Waals surface area contributed by atoms with Crippen LogP contribution >= 0.6 is 22.6 Å². The summed E-state index contributed by atoms with van der Waals surface area (Å²) < 4.78 is 0.991. The molecule has 0 saturated carbocycles. The lowest BCUT2D eigenvalue weighted by atomic mass is 10.2. The van der Waals surface area contributed by atoms with Crippen LogP contribution < -0.4 is 5.32 Å². The van der Waals surface area contributed by atoms with Gasteiger partial charge < -0.3 is 5.32 Å². The van der Waals surface area contributed by atoms with Crippen LogP contribution in [0.4, 0.5) is 5.69 Å². The number of rotatable bonds is 4. The summed E-state index contributed by atoms with van der Waals surface area (Å²) in [6.07, 6.45) is 0. The summed E-state index contributed by atoms with van der Waals surface area (Å²) in [5.41, 5.74) is 1.45. The highest BCUT2D eigenvalue weighted by Crippen LogP contribution is 2.12. The molecule has 0 heterocycles. The fourth-order valence-corrected chi connectivity index (χ4v) is 2.19. The Kier molecular flexibility index (Phi) is 4.67. The maximum absolute atomic E-state index is 11.9. The van der Waals surface area contributed by atoms with Gasteiger partial charge in [0, 0.05) is 27.8 Å². The lowest BCUT2D eigenvalue weighted by Gasteiger charge is -2.05. The maximum Gasteiger partial charge on any atom is 0.269 e. The lowest BCUT2D eigenvalue weighted by molar-refractivity contribution is -0.384. The van der Waals surface area contributed by atoms with E-state index in [2.05, 4.69) is 27.9 Å². The van der Waals surface area contributed by atoms with Crippen LogP contribution in [0.25, 0.3) is 0 Å². The molecule has 5 nitrogen and oxygen atoms in total. The molecule has 0 bridgehead atoms. The predicted octanol–water partition coefficient (Wildman–Crippen LogP) is 3.13. The van der Waals surface area contributed by atoms with Gasteiger partial charge in [0.2, 0.25) is 0 Å². The minimum atomic E-state index is -0.450. The summed E-state index contributed by atoms with van der Waals surface area (Å²) in [5.74, 6) is -0.165. The molecule has 1 N–H and O–H groups in total. The van der Waals surface area contributed by atoms with E-state index < -0.39 is 4.92 Å². The molecule has 0 aliphatic rings. The largest absolute Gasteiger partial charge is 0.348 e. The Labute approximate surface area is 129 Å². The molecule has 20 heavy (non-hydrogen) atoms. The van der Waals surface area contributed by atoms with Crippen LogP contribution in [-0.2, 0) is 6.54 Å². The third kappa shape index (κ3) is 3.77. The number of halogens is 1. The first kappa shape index (κ1) is 14.4. The summed E-state index contributed by atoms with van der Waals surface area (Å²) in [5, 5.41) is 13.3. The monoisotopic (exact) mass is 382 g/mol. The Morgan fingerprint density at radius 1 is 1.20 bits per heavy atom. The number of nitrogens with zero attached hydrogens (tertiary/aromatic N) is 1. The number of amides is 1. The van der Waals surface area contributed by atoms with Gasteiger partial charge in [0.25, 0.3) is 11.6 Å². The van der Waals surface area contributed by atoms with E-state index in [1.54, 1.807) is 24.3 Å².